The minimum absolute atomic E-state index is 0. The van der Waals surface area contributed by atoms with Gasteiger partial charge in [-0.15, -0.1) is 12.4 Å². The van der Waals surface area contributed by atoms with E-state index in [1.165, 1.54) is 0 Å². The molecule has 0 aliphatic rings. The Kier molecular flexibility index (Phi) is 9.40. The van der Waals surface area contributed by atoms with Gasteiger partial charge in [-0.05, 0) is 12.3 Å². The minimum atomic E-state index is 0. The van der Waals surface area contributed by atoms with E-state index in [2.05, 4.69) is 13.8 Å². The van der Waals surface area contributed by atoms with E-state index in [1.807, 2.05) is 0 Å². The molecule has 0 spiro atoms. The van der Waals surface area contributed by atoms with Gasteiger partial charge in [-0.3, -0.25) is 0 Å². The Hall–Kier alpha value is 0.210. The van der Waals surface area contributed by atoms with Crippen molar-refractivity contribution in [1.29, 1.82) is 0 Å². The van der Waals surface area contributed by atoms with Crippen LogP contribution in [0.4, 0.5) is 0 Å². The van der Waals surface area contributed by atoms with E-state index in [9.17, 15) is 0 Å². The zero-order valence-electron chi connectivity index (χ0n) is 6.96. The largest absolute Gasteiger partial charge is 0.383 e. The maximum absolute atomic E-state index is 5.66. The molecule has 0 saturated heterocycles. The van der Waals surface area contributed by atoms with Crippen LogP contribution in [0.5, 0.6) is 0 Å². The lowest BCUT2D eigenvalue weighted by Gasteiger charge is -2.11. The molecule has 0 aromatic rings. The van der Waals surface area contributed by atoms with Gasteiger partial charge < -0.3 is 10.5 Å². The van der Waals surface area contributed by atoms with Gasteiger partial charge >= 0.3 is 0 Å². The average Bonchev–Trinajstić information content (AvgIpc) is 1.63. The SMILES string of the molecule is COC[C@@H](N)CC(C)C.Cl. The van der Waals surface area contributed by atoms with Crippen LogP contribution in [0.25, 0.3) is 0 Å². The highest BCUT2D eigenvalue weighted by Crippen LogP contribution is 2.01. The van der Waals surface area contributed by atoms with Crippen molar-refractivity contribution in [3.8, 4) is 0 Å². The molecule has 0 aromatic heterocycles. The monoisotopic (exact) mass is 167 g/mol. The molecule has 0 aromatic carbocycles. The maximum atomic E-state index is 5.66. The first-order chi connectivity index (χ1) is 4.16. The summed E-state index contributed by atoms with van der Waals surface area (Å²) in [7, 11) is 1.68. The Balaban J connectivity index is 0. The normalized spacial score (nSPS) is 12.9. The number of ether oxygens (including phenoxy) is 1. The third kappa shape index (κ3) is 8.21. The first kappa shape index (κ1) is 12.8. The molecule has 0 radical (unpaired) electrons. The molecule has 0 amide bonds. The summed E-state index contributed by atoms with van der Waals surface area (Å²) in [5.74, 6) is 0.676. The van der Waals surface area contributed by atoms with Gasteiger partial charge in [-0.2, -0.15) is 0 Å². The number of halogens is 1. The molecule has 0 aliphatic carbocycles. The van der Waals surface area contributed by atoms with Crippen LogP contribution in [0.1, 0.15) is 20.3 Å². The fourth-order valence-electron chi connectivity index (χ4n) is 0.888. The molecule has 0 saturated carbocycles. The summed E-state index contributed by atoms with van der Waals surface area (Å²) in [5.41, 5.74) is 5.66. The first-order valence-electron chi connectivity index (χ1n) is 3.41. The maximum Gasteiger partial charge on any atom is 0.0613 e. The molecule has 10 heavy (non-hydrogen) atoms. The van der Waals surface area contributed by atoms with Crippen molar-refractivity contribution in [2.75, 3.05) is 13.7 Å². The van der Waals surface area contributed by atoms with Crippen molar-refractivity contribution in [3.63, 3.8) is 0 Å². The van der Waals surface area contributed by atoms with E-state index in [1.54, 1.807) is 7.11 Å². The van der Waals surface area contributed by atoms with Crippen LogP contribution in [0.2, 0.25) is 0 Å². The number of rotatable bonds is 4. The molecular formula is C7H18ClNO. The molecule has 64 valence electrons. The van der Waals surface area contributed by atoms with Crippen LogP contribution in [0.3, 0.4) is 0 Å². The van der Waals surface area contributed by atoms with Crippen molar-refractivity contribution < 1.29 is 4.74 Å². The minimum Gasteiger partial charge on any atom is -0.383 e. The second kappa shape index (κ2) is 7.32. The van der Waals surface area contributed by atoms with E-state index in [4.69, 9.17) is 10.5 Å². The van der Waals surface area contributed by atoms with Gasteiger partial charge in [0.2, 0.25) is 0 Å². The molecule has 0 rings (SSSR count). The van der Waals surface area contributed by atoms with E-state index >= 15 is 0 Å². The van der Waals surface area contributed by atoms with Crippen molar-refractivity contribution in [1.82, 2.24) is 0 Å². The zero-order chi connectivity index (χ0) is 7.28. The molecule has 0 fully saturated rings. The lowest BCUT2D eigenvalue weighted by Crippen LogP contribution is -2.27. The van der Waals surface area contributed by atoms with Crippen molar-refractivity contribution in [2.24, 2.45) is 11.7 Å². The molecule has 0 aliphatic heterocycles. The van der Waals surface area contributed by atoms with E-state index in [0.29, 0.717) is 12.5 Å². The van der Waals surface area contributed by atoms with Gasteiger partial charge in [-0.25, -0.2) is 0 Å². The van der Waals surface area contributed by atoms with Crippen LogP contribution in [0.15, 0.2) is 0 Å². The third-order valence-electron chi connectivity index (χ3n) is 1.15. The molecule has 0 unspecified atom stereocenters. The lowest BCUT2D eigenvalue weighted by atomic mass is 10.1. The molecule has 2 nitrogen and oxygen atoms in total. The fraction of sp³-hybridized carbons (Fsp3) is 1.00. The van der Waals surface area contributed by atoms with E-state index in [-0.39, 0.29) is 18.4 Å². The molecule has 0 heterocycles. The summed E-state index contributed by atoms with van der Waals surface area (Å²) in [6.07, 6.45) is 1.05. The standard InChI is InChI=1S/C7H17NO.ClH/c1-6(2)4-7(8)5-9-3;/h6-7H,4-5,8H2,1-3H3;1H/t7-;/m0./s1. The van der Waals surface area contributed by atoms with Gasteiger partial charge in [-0.1, -0.05) is 13.8 Å². The molecule has 1 atom stereocenters. The van der Waals surface area contributed by atoms with Crippen molar-refractivity contribution >= 4 is 12.4 Å². The van der Waals surface area contributed by atoms with Crippen molar-refractivity contribution in [2.45, 2.75) is 26.3 Å². The number of nitrogens with two attached hydrogens (primary N) is 1. The Morgan fingerprint density at radius 2 is 1.90 bits per heavy atom. The lowest BCUT2D eigenvalue weighted by molar-refractivity contribution is 0.172. The zero-order valence-corrected chi connectivity index (χ0v) is 7.78. The summed E-state index contributed by atoms with van der Waals surface area (Å²) in [6.45, 7) is 5.00. The summed E-state index contributed by atoms with van der Waals surface area (Å²) in [4.78, 5) is 0. The quantitative estimate of drug-likeness (QED) is 0.688. The topological polar surface area (TPSA) is 35.2 Å². The molecular weight excluding hydrogens is 150 g/mol. The second-order valence-corrected chi connectivity index (χ2v) is 2.84. The Bertz CT molecular complexity index is 68.6. The predicted molar refractivity (Wildman–Crippen MR) is 46.6 cm³/mol. The molecule has 3 heteroatoms. The average molecular weight is 168 g/mol. The number of hydrogen-bond acceptors (Lipinski definition) is 2. The Morgan fingerprint density at radius 3 is 2.20 bits per heavy atom. The third-order valence-corrected chi connectivity index (χ3v) is 1.15. The summed E-state index contributed by atoms with van der Waals surface area (Å²) in [6, 6.07) is 0.218. The molecule has 2 N–H and O–H groups in total. The van der Waals surface area contributed by atoms with Crippen molar-refractivity contribution in [3.05, 3.63) is 0 Å². The van der Waals surface area contributed by atoms with E-state index < -0.39 is 0 Å². The van der Waals surface area contributed by atoms with Gasteiger partial charge in [0.15, 0.2) is 0 Å². The highest BCUT2D eigenvalue weighted by atomic mass is 35.5. The van der Waals surface area contributed by atoms with Gasteiger partial charge in [0.05, 0.1) is 6.61 Å². The predicted octanol–water partition coefficient (Wildman–Crippen LogP) is 1.43. The number of methoxy groups -OCH3 is 1. The smallest absolute Gasteiger partial charge is 0.0613 e. The summed E-state index contributed by atoms with van der Waals surface area (Å²) in [5, 5.41) is 0. The summed E-state index contributed by atoms with van der Waals surface area (Å²) >= 11 is 0. The van der Waals surface area contributed by atoms with Gasteiger partial charge in [0, 0.05) is 13.2 Å². The van der Waals surface area contributed by atoms with Crippen LogP contribution >= 0.6 is 12.4 Å². The Labute approximate surface area is 69.5 Å². The molecule has 0 bridgehead atoms. The highest BCUT2D eigenvalue weighted by molar-refractivity contribution is 5.85. The van der Waals surface area contributed by atoms with Crippen LogP contribution < -0.4 is 5.73 Å². The Morgan fingerprint density at radius 1 is 1.40 bits per heavy atom. The van der Waals surface area contributed by atoms with Crippen LogP contribution in [-0.4, -0.2) is 19.8 Å². The highest BCUT2D eigenvalue weighted by Gasteiger charge is 2.03. The van der Waals surface area contributed by atoms with Gasteiger partial charge in [0.25, 0.3) is 0 Å². The van der Waals surface area contributed by atoms with E-state index in [0.717, 1.165) is 6.42 Å². The van der Waals surface area contributed by atoms with Crippen LogP contribution in [0, 0.1) is 5.92 Å². The van der Waals surface area contributed by atoms with Crippen LogP contribution in [-0.2, 0) is 4.74 Å². The fourth-order valence-corrected chi connectivity index (χ4v) is 0.888. The summed E-state index contributed by atoms with van der Waals surface area (Å²) < 4.78 is 4.88. The number of hydrogen-bond donors (Lipinski definition) is 1. The van der Waals surface area contributed by atoms with Gasteiger partial charge in [0.1, 0.15) is 0 Å². The second-order valence-electron chi connectivity index (χ2n) is 2.84. The first-order valence-corrected chi connectivity index (χ1v) is 3.41.